The van der Waals surface area contributed by atoms with Gasteiger partial charge in [-0.1, -0.05) is 12.1 Å². The fourth-order valence-corrected chi connectivity index (χ4v) is 2.84. The summed E-state index contributed by atoms with van der Waals surface area (Å²) in [6, 6.07) is 11.4. The van der Waals surface area contributed by atoms with E-state index in [4.69, 9.17) is 0 Å². The molecule has 2 amide bonds. The van der Waals surface area contributed by atoms with Crippen LogP contribution in [-0.2, 0) is 4.79 Å². The number of phenols is 1. The summed E-state index contributed by atoms with van der Waals surface area (Å²) in [6.07, 6.45) is 1.55. The molecule has 2 aromatic rings. The van der Waals surface area contributed by atoms with Gasteiger partial charge in [0.2, 0.25) is 0 Å². The zero-order valence-corrected chi connectivity index (χ0v) is 12.0. The number of aromatic hydroxyl groups is 1. The summed E-state index contributed by atoms with van der Waals surface area (Å²) < 4.78 is 12.9. The molecule has 0 unspecified atom stereocenters. The molecule has 0 aliphatic carbocycles. The second-order valence-electron chi connectivity index (χ2n) is 4.59. The van der Waals surface area contributed by atoms with Gasteiger partial charge in [0, 0.05) is 0 Å². The Morgan fingerprint density at radius 2 is 1.64 bits per heavy atom. The Morgan fingerprint density at radius 1 is 1.00 bits per heavy atom. The average Bonchev–Trinajstić information content (AvgIpc) is 2.77. The molecule has 0 aromatic heterocycles. The van der Waals surface area contributed by atoms with E-state index < -0.39 is 11.1 Å². The van der Waals surface area contributed by atoms with E-state index in [1.807, 2.05) is 0 Å². The van der Waals surface area contributed by atoms with Crippen molar-refractivity contribution in [2.45, 2.75) is 0 Å². The monoisotopic (exact) mass is 315 g/mol. The fraction of sp³-hybridized carbons (Fsp3) is 0. The highest BCUT2D eigenvalue weighted by Gasteiger charge is 2.36. The van der Waals surface area contributed by atoms with Gasteiger partial charge in [-0.2, -0.15) is 0 Å². The zero-order valence-electron chi connectivity index (χ0n) is 11.2. The Hall–Kier alpha value is -2.60. The summed E-state index contributed by atoms with van der Waals surface area (Å²) >= 11 is 0.822. The van der Waals surface area contributed by atoms with Gasteiger partial charge in [0.05, 0.1) is 10.6 Å². The van der Waals surface area contributed by atoms with Crippen LogP contribution in [0.2, 0.25) is 0 Å². The van der Waals surface area contributed by atoms with E-state index in [1.54, 1.807) is 6.08 Å². The van der Waals surface area contributed by atoms with E-state index in [9.17, 15) is 19.1 Å². The van der Waals surface area contributed by atoms with Gasteiger partial charge in [-0.3, -0.25) is 9.59 Å². The van der Waals surface area contributed by atoms with Crippen LogP contribution in [0.1, 0.15) is 5.56 Å². The van der Waals surface area contributed by atoms with Gasteiger partial charge < -0.3 is 5.11 Å². The molecule has 0 saturated carbocycles. The first-order valence-electron chi connectivity index (χ1n) is 6.37. The Morgan fingerprint density at radius 3 is 2.27 bits per heavy atom. The van der Waals surface area contributed by atoms with Crippen molar-refractivity contribution in [1.82, 2.24) is 0 Å². The molecule has 1 N–H and O–H groups in total. The van der Waals surface area contributed by atoms with Crippen LogP contribution in [-0.4, -0.2) is 16.3 Å². The third-order valence-electron chi connectivity index (χ3n) is 3.07. The van der Waals surface area contributed by atoms with E-state index in [0.29, 0.717) is 11.3 Å². The van der Waals surface area contributed by atoms with E-state index in [2.05, 4.69) is 0 Å². The molecular weight excluding hydrogens is 305 g/mol. The molecule has 0 radical (unpaired) electrons. The van der Waals surface area contributed by atoms with Gasteiger partial charge in [-0.15, -0.1) is 0 Å². The van der Waals surface area contributed by atoms with Gasteiger partial charge in [0.15, 0.2) is 0 Å². The van der Waals surface area contributed by atoms with Gasteiger partial charge in [-0.05, 0) is 59.8 Å². The van der Waals surface area contributed by atoms with Crippen LogP contribution in [0.15, 0.2) is 53.4 Å². The van der Waals surface area contributed by atoms with Crippen molar-refractivity contribution in [3.8, 4) is 5.75 Å². The van der Waals surface area contributed by atoms with Gasteiger partial charge in [0.25, 0.3) is 11.1 Å². The predicted octanol–water partition coefficient (Wildman–Crippen LogP) is 3.77. The van der Waals surface area contributed by atoms with Crippen LogP contribution in [0.5, 0.6) is 5.75 Å². The van der Waals surface area contributed by atoms with Crippen molar-refractivity contribution in [3.63, 3.8) is 0 Å². The Labute approximate surface area is 129 Å². The molecule has 0 bridgehead atoms. The number of benzene rings is 2. The molecule has 4 nitrogen and oxygen atoms in total. The normalized spacial score (nSPS) is 16.6. The number of thioether (sulfide) groups is 1. The summed E-state index contributed by atoms with van der Waals surface area (Å²) in [7, 11) is 0. The number of nitrogens with zero attached hydrogens (tertiary/aromatic N) is 1. The Balaban J connectivity index is 1.91. The Bertz CT molecular complexity index is 769. The maximum absolute atomic E-state index is 12.9. The fourth-order valence-electron chi connectivity index (χ4n) is 2.00. The summed E-state index contributed by atoms with van der Waals surface area (Å²) in [6.45, 7) is 0. The molecule has 2 aromatic carbocycles. The van der Waals surface area contributed by atoms with Gasteiger partial charge in [-0.25, -0.2) is 9.29 Å². The molecule has 6 heteroatoms. The van der Waals surface area contributed by atoms with Crippen LogP contribution in [0.25, 0.3) is 6.08 Å². The van der Waals surface area contributed by atoms with Crippen LogP contribution in [0, 0.1) is 5.82 Å². The van der Waals surface area contributed by atoms with Crippen LogP contribution >= 0.6 is 11.8 Å². The van der Waals surface area contributed by atoms with E-state index in [0.717, 1.165) is 16.7 Å². The molecule has 0 atom stereocenters. The van der Waals surface area contributed by atoms with Crippen molar-refractivity contribution >= 4 is 34.7 Å². The first-order chi connectivity index (χ1) is 10.5. The number of hydrogen-bond donors (Lipinski definition) is 1. The first kappa shape index (κ1) is 14.3. The molecule has 3 rings (SSSR count). The zero-order chi connectivity index (χ0) is 15.7. The summed E-state index contributed by atoms with van der Waals surface area (Å²) in [4.78, 5) is 25.7. The molecular formula is C16H10FNO3S. The average molecular weight is 315 g/mol. The molecule has 1 aliphatic rings. The lowest BCUT2D eigenvalue weighted by molar-refractivity contribution is -0.113. The van der Waals surface area contributed by atoms with E-state index in [-0.39, 0.29) is 16.5 Å². The summed E-state index contributed by atoms with van der Waals surface area (Å²) in [5.41, 5.74) is 1.03. The number of hydrogen-bond acceptors (Lipinski definition) is 4. The van der Waals surface area contributed by atoms with E-state index >= 15 is 0 Å². The minimum absolute atomic E-state index is 0.0533. The van der Waals surface area contributed by atoms with Crippen molar-refractivity contribution in [3.05, 3.63) is 64.8 Å². The van der Waals surface area contributed by atoms with Crippen LogP contribution in [0.4, 0.5) is 14.9 Å². The molecule has 1 heterocycles. The number of anilines is 1. The Kier molecular flexibility index (Phi) is 3.68. The maximum Gasteiger partial charge on any atom is 0.298 e. The molecule has 1 fully saturated rings. The lowest BCUT2D eigenvalue weighted by Crippen LogP contribution is -2.27. The number of imide groups is 1. The highest BCUT2D eigenvalue weighted by molar-refractivity contribution is 8.19. The molecule has 110 valence electrons. The summed E-state index contributed by atoms with van der Waals surface area (Å²) in [5, 5.41) is 8.85. The largest absolute Gasteiger partial charge is 0.508 e. The lowest BCUT2D eigenvalue weighted by atomic mass is 10.2. The number of halogens is 1. The topological polar surface area (TPSA) is 57.6 Å². The van der Waals surface area contributed by atoms with Crippen LogP contribution < -0.4 is 4.90 Å². The van der Waals surface area contributed by atoms with E-state index in [1.165, 1.54) is 48.5 Å². The van der Waals surface area contributed by atoms with Crippen molar-refractivity contribution in [1.29, 1.82) is 0 Å². The highest BCUT2D eigenvalue weighted by Crippen LogP contribution is 2.36. The van der Waals surface area contributed by atoms with Gasteiger partial charge in [0.1, 0.15) is 11.6 Å². The second kappa shape index (κ2) is 5.65. The standard InChI is InChI=1S/C16H10FNO3S/c17-11-3-1-10(2-4-11)9-14-15(20)18(16(21)22-14)12-5-7-13(19)8-6-12/h1-9,19H/b14-9-. The first-order valence-corrected chi connectivity index (χ1v) is 7.19. The maximum atomic E-state index is 12.9. The number of carbonyl (C=O) groups is 2. The molecule has 1 aliphatic heterocycles. The number of rotatable bonds is 2. The number of phenolic OH excluding ortho intramolecular Hbond substituents is 1. The lowest BCUT2D eigenvalue weighted by Gasteiger charge is -2.12. The number of amides is 2. The smallest absolute Gasteiger partial charge is 0.298 e. The SMILES string of the molecule is O=C1S/C(=C\c2ccc(F)cc2)C(=O)N1c1ccc(O)cc1. The third-order valence-corrected chi connectivity index (χ3v) is 3.94. The van der Waals surface area contributed by atoms with Crippen LogP contribution in [0.3, 0.4) is 0 Å². The molecule has 0 spiro atoms. The third kappa shape index (κ3) is 2.73. The highest BCUT2D eigenvalue weighted by atomic mass is 32.2. The van der Waals surface area contributed by atoms with Crippen molar-refractivity contribution in [2.24, 2.45) is 0 Å². The van der Waals surface area contributed by atoms with Crippen molar-refractivity contribution in [2.75, 3.05) is 4.90 Å². The van der Waals surface area contributed by atoms with Gasteiger partial charge >= 0.3 is 0 Å². The second-order valence-corrected chi connectivity index (χ2v) is 5.58. The number of carbonyl (C=O) groups excluding carboxylic acids is 2. The molecule has 1 saturated heterocycles. The quantitative estimate of drug-likeness (QED) is 0.857. The minimum atomic E-state index is -0.440. The molecule has 22 heavy (non-hydrogen) atoms. The predicted molar refractivity (Wildman–Crippen MR) is 83.0 cm³/mol. The summed E-state index contributed by atoms with van der Waals surface area (Å²) in [5.74, 6) is -0.753. The van der Waals surface area contributed by atoms with Crippen molar-refractivity contribution < 1.29 is 19.1 Å². The minimum Gasteiger partial charge on any atom is -0.508 e.